The van der Waals surface area contributed by atoms with Crippen molar-refractivity contribution in [3.8, 4) is 5.69 Å². The van der Waals surface area contributed by atoms with Gasteiger partial charge in [-0.25, -0.2) is 4.68 Å². The van der Waals surface area contributed by atoms with Crippen molar-refractivity contribution in [3.63, 3.8) is 0 Å². The van der Waals surface area contributed by atoms with E-state index in [9.17, 15) is 4.79 Å². The van der Waals surface area contributed by atoms with Crippen molar-refractivity contribution in [3.05, 3.63) is 162 Å². The number of aromatic nitrogens is 4. The van der Waals surface area contributed by atoms with E-state index >= 15 is 0 Å². The maximum atomic E-state index is 12.7. The Bertz CT molecular complexity index is 1910. The average molecular weight is 533 g/mol. The summed E-state index contributed by atoms with van der Waals surface area (Å²) in [6.07, 6.45) is 2.11. The van der Waals surface area contributed by atoms with Crippen molar-refractivity contribution in [1.82, 2.24) is 19.6 Å². The highest BCUT2D eigenvalue weighted by atomic mass is 16.1. The lowest BCUT2D eigenvalue weighted by Gasteiger charge is -2.36. The molecule has 0 aliphatic rings. The molecule has 7 aromatic rings. The van der Waals surface area contributed by atoms with E-state index in [1.54, 1.807) is 6.92 Å². The first kappa shape index (κ1) is 24.7. The van der Waals surface area contributed by atoms with Crippen molar-refractivity contribution in [2.45, 2.75) is 19.4 Å². The van der Waals surface area contributed by atoms with Crippen LogP contribution >= 0.6 is 0 Å². The Morgan fingerprint density at radius 1 is 0.634 bits per heavy atom. The van der Waals surface area contributed by atoms with Gasteiger partial charge in [-0.05, 0) is 47.9 Å². The lowest BCUT2D eigenvalue weighted by Crippen LogP contribution is -2.38. The Morgan fingerprint density at radius 2 is 1.17 bits per heavy atom. The second-order valence-corrected chi connectivity index (χ2v) is 10.4. The second kappa shape index (κ2) is 9.72. The molecule has 0 atom stereocenters. The largest absolute Gasteiger partial charge is 0.293 e. The van der Waals surface area contributed by atoms with Gasteiger partial charge in [-0.15, -0.1) is 0 Å². The summed E-state index contributed by atoms with van der Waals surface area (Å²) in [6.45, 7) is 3.63. The molecule has 0 aliphatic carbocycles. The van der Waals surface area contributed by atoms with Crippen LogP contribution in [-0.2, 0) is 5.54 Å². The molecule has 2 aromatic heterocycles. The number of ketones is 1. The molecule has 5 nitrogen and oxygen atoms in total. The highest BCUT2D eigenvalue weighted by Crippen LogP contribution is 2.42. The fraction of sp³-hybridized carbons (Fsp3) is 0.0833. The summed E-state index contributed by atoms with van der Waals surface area (Å²) in [5.41, 5.74) is 6.75. The molecule has 7 rings (SSSR count). The number of hydrogen-bond acceptors (Lipinski definition) is 3. The zero-order valence-corrected chi connectivity index (χ0v) is 22.9. The van der Waals surface area contributed by atoms with Gasteiger partial charge in [0.2, 0.25) is 0 Å². The Hall–Kier alpha value is -5.29. The highest BCUT2D eigenvalue weighted by molar-refractivity contribution is 6.13. The SMILES string of the molecule is CC(=O)c1nn(-c2ccc(C)cc2)c2c1ccc1nn(C(c3ccccc3)(c3ccccc3)c3ccccc3)cc12. The second-order valence-electron chi connectivity index (χ2n) is 10.4. The Labute approximate surface area is 238 Å². The molecule has 5 heteroatoms. The van der Waals surface area contributed by atoms with E-state index in [0.717, 1.165) is 49.7 Å². The molecule has 0 fully saturated rings. The summed E-state index contributed by atoms with van der Waals surface area (Å²) >= 11 is 0. The number of carbonyl (C=O) groups is 1. The Kier molecular flexibility index (Phi) is 5.86. The van der Waals surface area contributed by atoms with Gasteiger partial charge in [0, 0.05) is 23.9 Å². The van der Waals surface area contributed by atoms with E-state index in [4.69, 9.17) is 10.2 Å². The van der Waals surface area contributed by atoms with Crippen LogP contribution in [0.15, 0.2) is 134 Å². The van der Waals surface area contributed by atoms with Gasteiger partial charge in [0.15, 0.2) is 5.78 Å². The van der Waals surface area contributed by atoms with E-state index in [1.165, 1.54) is 0 Å². The molecule has 2 heterocycles. The lowest BCUT2D eigenvalue weighted by atomic mass is 9.77. The molecule has 0 unspecified atom stereocenters. The zero-order chi connectivity index (χ0) is 28.0. The van der Waals surface area contributed by atoms with Gasteiger partial charge in [0.05, 0.1) is 16.7 Å². The fourth-order valence-electron chi connectivity index (χ4n) is 5.94. The molecule has 0 amide bonds. The van der Waals surface area contributed by atoms with E-state index in [1.807, 2.05) is 47.1 Å². The zero-order valence-electron chi connectivity index (χ0n) is 22.9. The highest BCUT2D eigenvalue weighted by Gasteiger charge is 2.39. The van der Waals surface area contributed by atoms with E-state index < -0.39 is 5.54 Å². The van der Waals surface area contributed by atoms with E-state index in [0.29, 0.717) is 5.69 Å². The minimum Gasteiger partial charge on any atom is -0.293 e. The minimum absolute atomic E-state index is 0.0696. The summed E-state index contributed by atoms with van der Waals surface area (Å²) in [5, 5.41) is 11.8. The molecule has 41 heavy (non-hydrogen) atoms. The van der Waals surface area contributed by atoms with Crippen LogP contribution in [0.25, 0.3) is 27.5 Å². The summed E-state index contributed by atoms with van der Waals surface area (Å²) in [5.74, 6) is -0.0696. The van der Waals surface area contributed by atoms with Crippen LogP contribution in [0, 0.1) is 6.92 Å². The van der Waals surface area contributed by atoms with Crippen molar-refractivity contribution < 1.29 is 4.79 Å². The molecule has 0 bridgehead atoms. The number of carbonyl (C=O) groups excluding carboxylic acids is 1. The number of nitrogens with zero attached hydrogens (tertiary/aromatic N) is 4. The minimum atomic E-state index is -0.743. The third-order valence-electron chi connectivity index (χ3n) is 7.86. The van der Waals surface area contributed by atoms with Crippen LogP contribution in [0.1, 0.15) is 39.7 Å². The number of fused-ring (bicyclic) bond motifs is 3. The standard InChI is InChI=1S/C36H28N4O/c1-25-18-20-30(21-19-25)40-35-31(34(38-40)26(2)41)22-23-33-32(35)24-39(37-33)36(27-12-6-3-7-13-27,28-14-8-4-9-15-28)29-16-10-5-11-17-29/h3-24H,1-2H3. The van der Waals surface area contributed by atoms with Crippen LogP contribution in [0.3, 0.4) is 0 Å². The first-order chi connectivity index (χ1) is 20.1. The molecule has 0 saturated heterocycles. The number of hydrogen-bond donors (Lipinski definition) is 0. The number of Topliss-reactive ketones (excluding diaryl/α,β-unsaturated/α-hetero) is 1. The third-order valence-corrected chi connectivity index (χ3v) is 7.86. The first-order valence-corrected chi connectivity index (χ1v) is 13.7. The van der Waals surface area contributed by atoms with Gasteiger partial charge in [-0.3, -0.25) is 9.48 Å². The predicted octanol–water partition coefficient (Wildman–Crippen LogP) is 7.73. The third kappa shape index (κ3) is 3.89. The molecule has 198 valence electrons. The fourth-order valence-corrected chi connectivity index (χ4v) is 5.94. The van der Waals surface area contributed by atoms with Crippen LogP contribution < -0.4 is 0 Å². The maximum Gasteiger partial charge on any atom is 0.180 e. The van der Waals surface area contributed by atoms with Crippen LogP contribution in [0.2, 0.25) is 0 Å². The van der Waals surface area contributed by atoms with Crippen LogP contribution in [0.4, 0.5) is 0 Å². The molecule has 0 spiro atoms. The molecule has 0 aliphatic heterocycles. The summed E-state index contributed by atoms with van der Waals surface area (Å²) in [6, 6.07) is 43.7. The lowest BCUT2D eigenvalue weighted by molar-refractivity contribution is 0.101. The summed E-state index contributed by atoms with van der Waals surface area (Å²) in [7, 11) is 0. The van der Waals surface area contributed by atoms with Gasteiger partial charge < -0.3 is 0 Å². The summed E-state index contributed by atoms with van der Waals surface area (Å²) in [4.78, 5) is 12.7. The monoisotopic (exact) mass is 532 g/mol. The molecular formula is C36H28N4O. The normalized spacial score (nSPS) is 11.8. The van der Waals surface area contributed by atoms with Crippen molar-refractivity contribution in [1.29, 1.82) is 0 Å². The van der Waals surface area contributed by atoms with Crippen LogP contribution in [0.5, 0.6) is 0 Å². The van der Waals surface area contributed by atoms with Crippen molar-refractivity contribution in [2.75, 3.05) is 0 Å². The van der Waals surface area contributed by atoms with E-state index in [2.05, 4.69) is 103 Å². The molecule has 5 aromatic carbocycles. The molecule has 0 saturated carbocycles. The molecule has 0 radical (unpaired) electrons. The van der Waals surface area contributed by atoms with Gasteiger partial charge in [-0.2, -0.15) is 10.2 Å². The quantitative estimate of drug-likeness (QED) is 0.163. The van der Waals surface area contributed by atoms with Crippen molar-refractivity contribution >= 4 is 27.6 Å². The summed E-state index contributed by atoms with van der Waals surface area (Å²) < 4.78 is 3.96. The van der Waals surface area contributed by atoms with Crippen molar-refractivity contribution in [2.24, 2.45) is 0 Å². The maximum absolute atomic E-state index is 12.7. The smallest absolute Gasteiger partial charge is 0.180 e. The Morgan fingerprint density at radius 3 is 1.68 bits per heavy atom. The topological polar surface area (TPSA) is 52.7 Å². The number of rotatable bonds is 6. The predicted molar refractivity (Wildman–Crippen MR) is 164 cm³/mol. The van der Waals surface area contributed by atoms with Gasteiger partial charge >= 0.3 is 0 Å². The Balaban J connectivity index is 1.60. The average Bonchev–Trinajstić information content (AvgIpc) is 3.62. The number of aryl methyl sites for hydroxylation is 1. The van der Waals surface area contributed by atoms with Gasteiger partial charge in [-0.1, -0.05) is 109 Å². The van der Waals surface area contributed by atoms with Gasteiger partial charge in [0.1, 0.15) is 11.2 Å². The number of benzene rings is 5. The molecular weight excluding hydrogens is 504 g/mol. The van der Waals surface area contributed by atoms with E-state index in [-0.39, 0.29) is 5.78 Å². The van der Waals surface area contributed by atoms with Gasteiger partial charge in [0.25, 0.3) is 0 Å². The van der Waals surface area contributed by atoms with Crippen LogP contribution in [-0.4, -0.2) is 25.3 Å². The first-order valence-electron chi connectivity index (χ1n) is 13.7. The molecule has 0 N–H and O–H groups in total.